The first-order valence-corrected chi connectivity index (χ1v) is 8.86. The van der Waals surface area contributed by atoms with Crippen LogP contribution in [0.2, 0.25) is 0 Å². The molecule has 3 heterocycles. The molecule has 3 aromatic heterocycles. The number of carbonyl (C=O) groups is 1. The van der Waals surface area contributed by atoms with Gasteiger partial charge in [0.2, 0.25) is 0 Å². The summed E-state index contributed by atoms with van der Waals surface area (Å²) >= 11 is 0. The number of aryl methyl sites for hydroxylation is 1. The highest BCUT2D eigenvalue weighted by Crippen LogP contribution is 2.25. The monoisotopic (exact) mass is 363 g/mol. The van der Waals surface area contributed by atoms with Gasteiger partial charge in [0.15, 0.2) is 11.5 Å². The molecule has 1 amide bonds. The van der Waals surface area contributed by atoms with Crippen molar-refractivity contribution in [3.8, 4) is 11.5 Å². The molecule has 1 aromatic carbocycles. The summed E-state index contributed by atoms with van der Waals surface area (Å²) in [6, 6.07) is 13.0. The minimum absolute atomic E-state index is 0.160. The van der Waals surface area contributed by atoms with Gasteiger partial charge in [-0.25, -0.2) is 4.98 Å². The molecule has 2 N–H and O–H groups in total. The summed E-state index contributed by atoms with van der Waals surface area (Å²) in [6.45, 7) is 4.12. The summed E-state index contributed by atoms with van der Waals surface area (Å²) < 4.78 is 7.36. The van der Waals surface area contributed by atoms with Crippen LogP contribution in [0.5, 0.6) is 0 Å². The molecule has 7 heteroatoms. The molecule has 4 aromatic rings. The van der Waals surface area contributed by atoms with E-state index in [4.69, 9.17) is 9.40 Å². The fourth-order valence-corrected chi connectivity index (χ4v) is 3.18. The number of fused-ring (bicyclic) bond motifs is 1. The number of aromatic amines is 1. The van der Waals surface area contributed by atoms with Crippen molar-refractivity contribution in [3.05, 3.63) is 60.2 Å². The third-order valence-electron chi connectivity index (χ3n) is 4.65. The molecule has 0 aliphatic heterocycles. The first-order valence-electron chi connectivity index (χ1n) is 8.86. The Morgan fingerprint density at radius 3 is 2.74 bits per heavy atom. The largest absolute Gasteiger partial charge is 0.463 e. The van der Waals surface area contributed by atoms with E-state index in [0.29, 0.717) is 17.1 Å². The summed E-state index contributed by atoms with van der Waals surface area (Å²) in [7, 11) is 1.97. The topological polar surface area (TPSA) is 88.7 Å². The maximum Gasteiger partial charge on any atom is 0.272 e. The Balaban J connectivity index is 1.61. The van der Waals surface area contributed by atoms with Crippen molar-refractivity contribution < 1.29 is 9.21 Å². The SMILES string of the molecule is CC(C)[C@@H](NC(=O)c1cc(-c2ccco2)[nH]n1)c1nc2ccccc2n1C. The van der Waals surface area contributed by atoms with Gasteiger partial charge in [0, 0.05) is 13.1 Å². The third kappa shape index (κ3) is 3.12. The first-order chi connectivity index (χ1) is 13.0. The minimum atomic E-state index is -0.255. The van der Waals surface area contributed by atoms with E-state index in [9.17, 15) is 4.79 Å². The van der Waals surface area contributed by atoms with E-state index in [1.807, 2.05) is 41.9 Å². The molecular formula is C20H21N5O2. The number of imidazole rings is 1. The molecular weight excluding hydrogens is 342 g/mol. The Kier molecular flexibility index (Phi) is 4.27. The van der Waals surface area contributed by atoms with Gasteiger partial charge in [0.25, 0.3) is 5.91 Å². The van der Waals surface area contributed by atoms with Crippen LogP contribution < -0.4 is 5.32 Å². The second kappa shape index (κ2) is 6.75. The van der Waals surface area contributed by atoms with Crippen LogP contribution in [-0.2, 0) is 7.05 Å². The summed E-state index contributed by atoms with van der Waals surface area (Å²) in [5.74, 6) is 1.36. The maximum atomic E-state index is 12.8. The number of benzene rings is 1. The van der Waals surface area contributed by atoms with Gasteiger partial charge in [0.1, 0.15) is 11.5 Å². The zero-order valence-corrected chi connectivity index (χ0v) is 15.4. The van der Waals surface area contributed by atoms with Crippen molar-refractivity contribution in [1.29, 1.82) is 0 Å². The molecule has 7 nitrogen and oxygen atoms in total. The Bertz CT molecular complexity index is 1080. The molecule has 0 spiro atoms. The van der Waals surface area contributed by atoms with Gasteiger partial charge in [-0.3, -0.25) is 9.89 Å². The van der Waals surface area contributed by atoms with Crippen LogP contribution in [0.1, 0.15) is 36.2 Å². The summed E-state index contributed by atoms with van der Waals surface area (Å²) in [4.78, 5) is 17.5. The van der Waals surface area contributed by atoms with E-state index in [1.54, 1.807) is 18.4 Å². The number of para-hydroxylation sites is 2. The molecule has 138 valence electrons. The Hall–Kier alpha value is -3.35. The van der Waals surface area contributed by atoms with Gasteiger partial charge in [-0.05, 0) is 30.2 Å². The van der Waals surface area contributed by atoms with Crippen LogP contribution in [0.25, 0.3) is 22.5 Å². The van der Waals surface area contributed by atoms with E-state index >= 15 is 0 Å². The van der Waals surface area contributed by atoms with E-state index in [-0.39, 0.29) is 17.9 Å². The average molecular weight is 363 g/mol. The molecule has 0 bridgehead atoms. The van der Waals surface area contributed by atoms with Gasteiger partial charge < -0.3 is 14.3 Å². The lowest BCUT2D eigenvalue weighted by atomic mass is 10.0. The number of aromatic nitrogens is 4. The predicted molar refractivity (Wildman–Crippen MR) is 102 cm³/mol. The molecule has 0 fully saturated rings. The zero-order valence-electron chi connectivity index (χ0n) is 15.4. The molecule has 27 heavy (non-hydrogen) atoms. The number of rotatable bonds is 5. The van der Waals surface area contributed by atoms with Crippen LogP contribution in [0, 0.1) is 5.92 Å². The lowest BCUT2D eigenvalue weighted by Crippen LogP contribution is -2.33. The molecule has 0 aliphatic carbocycles. The Morgan fingerprint density at radius 1 is 1.22 bits per heavy atom. The summed E-state index contributed by atoms with van der Waals surface area (Å²) in [5.41, 5.74) is 2.92. The smallest absolute Gasteiger partial charge is 0.272 e. The molecule has 1 atom stereocenters. The Morgan fingerprint density at radius 2 is 2.04 bits per heavy atom. The fourth-order valence-electron chi connectivity index (χ4n) is 3.18. The van der Waals surface area contributed by atoms with Crippen LogP contribution in [-0.4, -0.2) is 25.7 Å². The number of amides is 1. The normalized spacial score (nSPS) is 12.6. The van der Waals surface area contributed by atoms with Gasteiger partial charge in [0.05, 0.1) is 23.3 Å². The van der Waals surface area contributed by atoms with Crippen molar-refractivity contribution in [2.24, 2.45) is 13.0 Å². The highest BCUT2D eigenvalue weighted by molar-refractivity contribution is 5.93. The van der Waals surface area contributed by atoms with E-state index in [1.165, 1.54) is 0 Å². The molecule has 0 radical (unpaired) electrons. The fraction of sp³-hybridized carbons (Fsp3) is 0.250. The molecule has 0 unspecified atom stereocenters. The minimum Gasteiger partial charge on any atom is -0.463 e. The predicted octanol–water partition coefficient (Wildman–Crippen LogP) is 3.68. The first kappa shape index (κ1) is 17.1. The lowest BCUT2D eigenvalue weighted by molar-refractivity contribution is 0.0917. The Labute approximate surface area is 156 Å². The molecule has 0 aliphatic rings. The van der Waals surface area contributed by atoms with Crippen molar-refractivity contribution >= 4 is 16.9 Å². The maximum absolute atomic E-state index is 12.8. The highest BCUT2D eigenvalue weighted by Gasteiger charge is 2.25. The summed E-state index contributed by atoms with van der Waals surface area (Å²) in [5, 5.41) is 10.0. The number of hydrogen-bond acceptors (Lipinski definition) is 4. The van der Waals surface area contributed by atoms with Gasteiger partial charge in [-0.2, -0.15) is 5.10 Å². The van der Waals surface area contributed by atoms with Crippen LogP contribution in [0.3, 0.4) is 0 Å². The van der Waals surface area contributed by atoms with E-state index < -0.39 is 0 Å². The van der Waals surface area contributed by atoms with Crippen molar-refractivity contribution in [3.63, 3.8) is 0 Å². The van der Waals surface area contributed by atoms with Crippen LogP contribution in [0.15, 0.2) is 53.1 Å². The van der Waals surface area contributed by atoms with Gasteiger partial charge in [-0.15, -0.1) is 0 Å². The van der Waals surface area contributed by atoms with Gasteiger partial charge >= 0.3 is 0 Å². The molecule has 0 saturated carbocycles. The quantitative estimate of drug-likeness (QED) is 0.566. The third-order valence-corrected chi connectivity index (χ3v) is 4.65. The number of furan rings is 1. The van der Waals surface area contributed by atoms with Crippen LogP contribution >= 0.6 is 0 Å². The average Bonchev–Trinajstić information content (AvgIpc) is 3.39. The second-order valence-electron chi connectivity index (χ2n) is 6.86. The number of H-pyrrole nitrogens is 1. The lowest BCUT2D eigenvalue weighted by Gasteiger charge is -2.21. The van der Waals surface area contributed by atoms with E-state index in [2.05, 4.69) is 29.4 Å². The summed E-state index contributed by atoms with van der Waals surface area (Å²) in [6.07, 6.45) is 1.58. The standard InChI is InChI=1S/C20H21N5O2/c1-12(2)18(19-21-13-7-4-5-8-16(13)25(19)3)22-20(26)15-11-14(23-24-15)17-9-6-10-27-17/h4-12,18H,1-3H3,(H,22,26)(H,23,24)/t18-/m1/s1. The number of nitrogens with zero attached hydrogens (tertiary/aromatic N) is 3. The van der Waals surface area contributed by atoms with Crippen molar-refractivity contribution in [2.45, 2.75) is 19.9 Å². The van der Waals surface area contributed by atoms with E-state index in [0.717, 1.165) is 16.9 Å². The molecule has 0 saturated heterocycles. The number of hydrogen-bond donors (Lipinski definition) is 2. The number of nitrogens with one attached hydrogen (secondary N) is 2. The highest BCUT2D eigenvalue weighted by atomic mass is 16.3. The van der Waals surface area contributed by atoms with Crippen molar-refractivity contribution in [1.82, 2.24) is 25.1 Å². The molecule has 4 rings (SSSR count). The second-order valence-corrected chi connectivity index (χ2v) is 6.86. The van der Waals surface area contributed by atoms with Crippen molar-refractivity contribution in [2.75, 3.05) is 0 Å². The zero-order chi connectivity index (χ0) is 19.0. The van der Waals surface area contributed by atoms with Gasteiger partial charge in [-0.1, -0.05) is 26.0 Å². The van der Waals surface area contributed by atoms with Crippen LogP contribution in [0.4, 0.5) is 0 Å². The number of carbonyl (C=O) groups excluding carboxylic acids is 1.